The van der Waals surface area contributed by atoms with Gasteiger partial charge in [-0.25, -0.2) is 0 Å². The second-order valence-electron chi connectivity index (χ2n) is 8.12. The molecule has 0 rings (SSSR count). The molecule has 0 saturated heterocycles. The van der Waals surface area contributed by atoms with E-state index < -0.39 is 39.9 Å². The minimum Gasteiger partial charge on any atom is -0.437 e. The predicted molar refractivity (Wildman–Crippen MR) is 95.5 cm³/mol. The fraction of sp³-hybridized carbons (Fsp3) is 1.00. The zero-order valence-corrected chi connectivity index (χ0v) is 19.0. The molecule has 122 valence electrons. The molecule has 2 unspecified atom stereocenters. The Morgan fingerprint density at radius 2 is 1.15 bits per heavy atom. The molecule has 4 nitrogen and oxygen atoms in total. The van der Waals surface area contributed by atoms with Crippen molar-refractivity contribution in [2.24, 2.45) is 0 Å². The highest BCUT2D eigenvalue weighted by molar-refractivity contribution is 6.89. The van der Waals surface area contributed by atoms with Gasteiger partial charge in [-0.15, -0.1) is 0 Å². The van der Waals surface area contributed by atoms with E-state index in [0.29, 0.717) is 6.04 Å². The minimum absolute atomic E-state index is 0.403. The molecule has 0 fully saturated rings. The van der Waals surface area contributed by atoms with Crippen molar-refractivity contribution in [2.75, 3.05) is 0 Å². The van der Waals surface area contributed by atoms with Crippen LogP contribution in [-0.2, 0) is 12.3 Å². The molecule has 0 aromatic carbocycles. The van der Waals surface area contributed by atoms with Gasteiger partial charge in [-0.05, 0) is 65.8 Å². The third-order valence-corrected chi connectivity index (χ3v) is 15.8. The van der Waals surface area contributed by atoms with Crippen LogP contribution < -0.4 is 0 Å². The first-order valence-electron chi connectivity index (χ1n) is 7.32. The van der Waals surface area contributed by atoms with Crippen molar-refractivity contribution in [3.63, 3.8) is 0 Å². The van der Waals surface area contributed by atoms with Crippen LogP contribution in [0, 0.1) is 0 Å². The summed E-state index contributed by atoms with van der Waals surface area (Å²) in [5.74, 6) is 0. The van der Waals surface area contributed by atoms with Crippen LogP contribution >= 0.6 is 0 Å². The summed E-state index contributed by atoms with van der Waals surface area (Å²) in [6.45, 7) is 21.1. The number of hydrogen-bond acceptors (Lipinski definition) is 4. The number of hydrogen-bond donors (Lipinski definition) is 1. The molecule has 1 N–H and O–H groups in total. The Kier molecular flexibility index (Phi) is 7.10. The maximum atomic E-state index is 9.79. The molecule has 0 radical (unpaired) electrons. The molecule has 8 heteroatoms. The lowest BCUT2D eigenvalue weighted by Crippen LogP contribution is -2.57. The van der Waals surface area contributed by atoms with Gasteiger partial charge in [0, 0.05) is 6.04 Å². The monoisotopic (exact) mass is 354 g/mol. The van der Waals surface area contributed by atoms with Crippen molar-refractivity contribution in [2.45, 2.75) is 78.0 Å². The van der Waals surface area contributed by atoms with Crippen LogP contribution in [0.3, 0.4) is 0 Å². The highest BCUT2D eigenvalue weighted by Crippen LogP contribution is 2.27. The first-order chi connectivity index (χ1) is 8.54. The Morgan fingerprint density at radius 3 is 1.45 bits per heavy atom. The van der Waals surface area contributed by atoms with Gasteiger partial charge in [0.1, 0.15) is 0 Å². The quantitative estimate of drug-likeness (QED) is 0.672. The average molecular weight is 355 g/mol. The molecule has 0 bridgehead atoms. The predicted octanol–water partition coefficient (Wildman–Crippen LogP) is 3.86. The van der Waals surface area contributed by atoms with Gasteiger partial charge in [0.25, 0.3) is 0 Å². The van der Waals surface area contributed by atoms with Gasteiger partial charge < -0.3 is 17.5 Å². The lowest BCUT2D eigenvalue weighted by atomic mass is 10.5. The van der Waals surface area contributed by atoms with Crippen LogP contribution in [0.25, 0.3) is 0 Å². The van der Waals surface area contributed by atoms with Crippen molar-refractivity contribution in [1.29, 1.82) is 0 Å². The zero-order valence-electron chi connectivity index (χ0n) is 15.0. The molecule has 0 heterocycles. The molecule has 0 saturated carbocycles. The van der Waals surface area contributed by atoms with Gasteiger partial charge in [0.15, 0.2) is 16.6 Å². The molecule has 0 aliphatic heterocycles. The van der Waals surface area contributed by atoms with Crippen LogP contribution in [0.1, 0.15) is 6.92 Å². The average Bonchev–Trinajstić information content (AvgIpc) is 1.86. The van der Waals surface area contributed by atoms with Crippen molar-refractivity contribution in [3.05, 3.63) is 0 Å². The first-order valence-corrected chi connectivity index (χ1v) is 19.5. The van der Waals surface area contributed by atoms with E-state index in [1.807, 2.05) is 0 Å². The topological polar surface area (TPSA) is 47.9 Å². The van der Waals surface area contributed by atoms with Gasteiger partial charge in [-0.1, -0.05) is 0 Å². The van der Waals surface area contributed by atoms with E-state index in [9.17, 15) is 5.11 Å². The second-order valence-corrected chi connectivity index (χ2v) is 24.5. The summed E-state index contributed by atoms with van der Waals surface area (Å²) in [4.78, 5) is 0. The summed E-state index contributed by atoms with van der Waals surface area (Å²) in [7, 11) is -8.00. The summed E-state index contributed by atoms with van der Waals surface area (Å²) in [5.41, 5.74) is 0. The van der Waals surface area contributed by atoms with Crippen LogP contribution in [0.2, 0.25) is 65.0 Å². The molecule has 0 spiro atoms. The molecular weight excluding hydrogens is 320 g/mol. The Bertz CT molecular complexity index is 310. The van der Waals surface area contributed by atoms with Gasteiger partial charge in [-0.2, -0.15) is 0 Å². The van der Waals surface area contributed by atoms with Crippen LogP contribution in [0.5, 0.6) is 0 Å². The standard InChI is InChI=1S/C12H34O4Si4/c1-12(13)11-20(10,15-18(5,6)7)16-19(8,9)14-17(2,3)4/h12-13H,11H2,1-10H3. The van der Waals surface area contributed by atoms with E-state index in [1.54, 1.807) is 6.92 Å². The molecule has 20 heavy (non-hydrogen) atoms. The van der Waals surface area contributed by atoms with Gasteiger partial charge in [0.05, 0.1) is 6.10 Å². The second kappa shape index (κ2) is 6.86. The largest absolute Gasteiger partial charge is 0.437 e. The lowest BCUT2D eigenvalue weighted by Gasteiger charge is -2.41. The molecule has 2 atom stereocenters. The van der Waals surface area contributed by atoms with Gasteiger partial charge in [-0.3, -0.25) is 0 Å². The fourth-order valence-corrected chi connectivity index (χ4v) is 20.6. The Morgan fingerprint density at radius 1 is 0.750 bits per heavy atom. The SMILES string of the molecule is CC(O)C[Si](C)(O[Si](C)(C)C)O[Si](C)(C)O[Si](C)(C)C. The Balaban J connectivity index is 5.06. The lowest BCUT2D eigenvalue weighted by molar-refractivity contribution is 0.198. The van der Waals surface area contributed by atoms with Crippen molar-refractivity contribution < 1.29 is 17.5 Å². The molecule has 0 aromatic rings. The van der Waals surface area contributed by atoms with E-state index >= 15 is 0 Å². The highest BCUT2D eigenvalue weighted by Gasteiger charge is 2.45. The summed E-state index contributed by atoms with van der Waals surface area (Å²) in [6, 6.07) is 0.600. The Hall–Kier alpha value is 0.708. The summed E-state index contributed by atoms with van der Waals surface area (Å²) >= 11 is 0. The molecular formula is C12H34O4Si4. The fourth-order valence-electron chi connectivity index (χ4n) is 2.57. The molecule has 0 aromatic heterocycles. The van der Waals surface area contributed by atoms with Gasteiger partial charge in [0.2, 0.25) is 0 Å². The third kappa shape index (κ3) is 10.4. The summed E-state index contributed by atoms with van der Waals surface area (Å²) < 4.78 is 19.0. The van der Waals surface area contributed by atoms with Crippen LogP contribution in [-0.4, -0.2) is 45.0 Å². The number of rotatable bonds is 8. The maximum Gasteiger partial charge on any atom is 0.318 e. The van der Waals surface area contributed by atoms with E-state index in [4.69, 9.17) is 12.3 Å². The number of aliphatic hydroxyl groups is 1. The van der Waals surface area contributed by atoms with E-state index in [0.717, 1.165) is 0 Å². The van der Waals surface area contributed by atoms with Crippen molar-refractivity contribution >= 4 is 33.8 Å². The summed E-state index contributed by atoms with van der Waals surface area (Å²) in [5, 5.41) is 9.79. The highest BCUT2D eigenvalue weighted by atomic mass is 28.5. The first kappa shape index (κ1) is 20.7. The smallest absolute Gasteiger partial charge is 0.318 e. The van der Waals surface area contributed by atoms with Gasteiger partial charge >= 0.3 is 17.1 Å². The van der Waals surface area contributed by atoms with E-state index in [1.165, 1.54) is 0 Å². The Labute approximate surface area is 129 Å². The normalized spacial score (nSPS) is 18.8. The third-order valence-electron chi connectivity index (χ3n) is 2.20. The van der Waals surface area contributed by atoms with E-state index in [-0.39, 0.29) is 0 Å². The van der Waals surface area contributed by atoms with Crippen LogP contribution in [0.15, 0.2) is 0 Å². The zero-order chi connectivity index (χ0) is 16.4. The van der Waals surface area contributed by atoms with Crippen molar-refractivity contribution in [1.82, 2.24) is 0 Å². The van der Waals surface area contributed by atoms with Crippen molar-refractivity contribution in [3.8, 4) is 0 Å². The van der Waals surface area contributed by atoms with E-state index in [2.05, 4.69) is 58.9 Å². The minimum atomic E-state index is -2.41. The van der Waals surface area contributed by atoms with Crippen LogP contribution in [0.4, 0.5) is 0 Å². The summed E-state index contributed by atoms with van der Waals surface area (Å²) in [6.07, 6.45) is -0.403. The number of aliphatic hydroxyl groups excluding tert-OH is 1. The molecule has 0 aliphatic carbocycles. The molecule has 0 aliphatic rings. The maximum absolute atomic E-state index is 9.79. The molecule has 0 amide bonds.